The van der Waals surface area contributed by atoms with Crippen molar-refractivity contribution >= 4 is 38.5 Å². The Bertz CT molecular complexity index is 1450. The first-order chi connectivity index (χ1) is 15.1. The summed E-state index contributed by atoms with van der Waals surface area (Å²) in [6, 6.07) is 9.74. The topological polar surface area (TPSA) is 114 Å². The van der Waals surface area contributed by atoms with Gasteiger partial charge in [0.25, 0.3) is 15.9 Å². The molecular formula is C23H23N3O5S. The number of fused-ring (bicyclic) bond motifs is 1. The zero-order valence-electron chi connectivity index (χ0n) is 18.4. The Labute approximate surface area is 185 Å². The molecule has 4 aromatic rings. The van der Waals surface area contributed by atoms with Gasteiger partial charge in [-0.1, -0.05) is 5.16 Å². The molecule has 0 unspecified atom stereocenters. The molecule has 9 heteroatoms. The van der Waals surface area contributed by atoms with E-state index in [9.17, 15) is 13.2 Å². The summed E-state index contributed by atoms with van der Waals surface area (Å²) in [5, 5.41) is 7.39. The number of hydrogen-bond donors (Lipinski definition) is 2. The van der Waals surface area contributed by atoms with Crippen molar-refractivity contribution < 1.29 is 22.2 Å². The van der Waals surface area contributed by atoms with Crippen LogP contribution < -0.4 is 10.0 Å². The molecule has 0 radical (unpaired) electrons. The first-order valence-electron chi connectivity index (χ1n) is 9.94. The van der Waals surface area contributed by atoms with Crippen LogP contribution in [0.4, 0.5) is 11.6 Å². The van der Waals surface area contributed by atoms with Crippen LogP contribution in [0.15, 0.2) is 50.2 Å². The van der Waals surface area contributed by atoms with Gasteiger partial charge >= 0.3 is 0 Å². The zero-order valence-corrected chi connectivity index (χ0v) is 19.2. The predicted octanol–water partition coefficient (Wildman–Crippen LogP) is 5.02. The molecule has 0 saturated carbocycles. The molecule has 0 bridgehead atoms. The summed E-state index contributed by atoms with van der Waals surface area (Å²) in [7, 11) is -3.87. The highest BCUT2D eigenvalue weighted by molar-refractivity contribution is 7.92. The number of hydrogen-bond acceptors (Lipinski definition) is 6. The van der Waals surface area contributed by atoms with Gasteiger partial charge in [0.15, 0.2) is 5.76 Å². The maximum atomic E-state index is 12.8. The van der Waals surface area contributed by atoms with E-state index in [1.807, 2.05) is 32.9 Å². The first kappa shape index (κ1) is 21.6. The Balaban J connectivity index is 1.54. The molecule has 166 valence electrons. The number of nitrogens with zero attached hydrogens (tertiary/aromatic N) is 1. The van der Waals surface area contributed by atoms with Gasteiger partial charge in [0, 0.05) is 22.2 Å². The Morgan fingerprint density at radius 3 is 2.22 bits per heavy atom. The number of carbonyl (C=O) groups excluding carboxylic acids is 1. The molecule has 2 aromatic heterocycles. The van der Waals surface area contributed by atoms with E-state index in [1.165, 1.54) is 24.3 Å². The molecule has 4 rings (SSSR count). The van der Waals surface area contributed by atoms with Gasteiger partial charge < -0.3 is 14.3 Å². The summed E-state index contributed by atoms with van der Waals surface area (Å²) in [5.41, 5.74) is 5.26. The largest absolute Gasteiger partial charge is 0.451 e. The van der Waals surface area contributed by atoms with Crippen LogP contribution in [-0.2, 0) is 10.0 Å². The Hall–Kier alpha value is -3.59. The molecule has 0 aliphatic heterocycles. The molecular weight excluding hydrogens is 430 g/mol. The molecule has 0 fully saturated rings. The average Bonchev–Trinajstić information content (AvgIpc) is 3.22. The third-order valence-electron chi connectivity index (χ3n) is 5.57. The van der Waals surface area contributed by atoms with E-state index in [-0.39, 0.29) is 16.5 Å². The van der Waals surface area contributed by atoms with E-state index in [1.54, 1.807) is 13.8 Å². The van der Waals surface area contributed by atoms with Crippen molar-refractivity contribution in [3.63, 3.8) is 0 Å². The van der Waals surface area contributed by atoms with Crippen molar-refractivity contribution in [2.24, 2.45) is 0 Å². The van der Waals surface area contributed by atoms with Gasteiger partial charge in [-0.25, -0.2) is 13.1 Å². The lowest BCUT2D eigenvalue weighted by atomic mass is 10.1. The highest BCUT2D eigenvalue weighted by Gasteiger charge is 2.21. The van der Waals surface area contributed by atoms with Gasteiger partial charge in [-0.05, 0) is 82.1 Å². The number of furan rings is 1. The van der Waals surface area contributed by atoms with Crippen LogP contribution in [-0.4, -0.2) is 19.5 Å². The smallest absolute Gasteiger partial charge is 0.291 e. The number of amides is 1. The van der Waals surface area contributed by atoms with Crippen LogP contribution >= 0.6 is 0 Å². The summed E-state index contributed by atoms with van der Waals surface area (Å²) < 4.78 is 38.4. The lowest BCUT2D eigenvalue weighted by Crippen LogP contribution is -2.14. The zero-order chi connectivity index (χ0) is 23.2. The summed E-state index contributed by atoms with van der Waals surface area (Å²) in [6.45, 7) is 9.27. The normalized spacial score (nSPS) is 11.7. The molecule has 0 aliphatic rings. The molecule has 0 spiro atoms. The molecule has 0 atom stereocenters. The highest BCUT2D eigenvalue weighted by Crippen LogP contribution is 2.29. The second-order valence-electron chi connectivity index (χ2n) is 7.79. The SMILES string of the molecule is Cc1cc2oc(C(=O)Nc3ccc(S(=O)(=O)Nc4onc(C)c4C)cc3)c(C)c2cc1C. The minimum absolute atomic E-state index is 0.0230. The Morgan fingerprint density at radius 1 is 0.938 bits per heavy atom. The van der Waals surface area contributed by atoms with Crippen molar-refractivity contribution in [3.8, 4) is 0 Å². The lowest BCUT2D eigenvalue weighted by Gasteiger charge is -2.08. The van der Waals surface area contributed by atoms with E-state index >= 15 is 0 Å². The second kappa shape index (κ2) is 7.83. The molecule has 32 heavy (non-hydrogen) atoms. The van der Waals surface area contributed by atoms with Gasteiger partial charge in [0.05, 0.1) is 10.6 Å². The van der Waals surface area contributed by atoms with Crippen LogP contribution in [0.2, 0.25) is 0 Å². The highest BCUT2D eigenvalue weighted by atomic mass is 32.2. The fourth-order valence-corrected chi connectivity index (χ4v) is 4.34. The van der Waals surface area contributed by atoms with Crippen LogP contribution in [0.5, 0.6) is 0 Å². The number of anilines is 2. The standard InChI is InChI=1S/C23H23N3O5S/c1-12-10-19-15(4)21(30-20(19)11-13(12)2)22(27)24-17-6-8-18(9-7-17)32(28,29)26-23-14(3)16(5)25-31-23/h6-11,26H,1-5H3,(H,24,27). The van der Waals surface area contributed by atoms with Crippen LogP contribution in [0.1, 0.15) is 38.5 Å². The molecule has 0 aliphatic carbocycles. The Morgan fingerprint density at radius 2 is 1.59 bits per heavy atom. The fourth-order valence-electron chi connectivity index (χ4n) is 3.29. The predicted molar refractivity (Wildman–Crippen MR) is 122 cm³/mol. The number of aromatic nitrogens is 1. The van der Waals surface area contributed by atoms with Gasteiger partial charge in [-0.2, -0.15) is 0 Å². The van der Waals surface area contributed by atoms with E-state index in [2.05, 4.69) is 15.2 Å². The number of rotatable bonds is 5. The number of benzene rings is 2. The van der Waals surface area contributed by atoms with Crippen molar-refractivity contribution in [3.05, 3.63) is 70.1 Å². The average molecular weight is 454 g/mol. The van der Waals surface area contributed by atoms with Crippen molar-refractivity contribution in [1.82, 2.24) is 5.16 Å². The number of carbonyl (C=O) groups is 1. The number of nitrogens with one attached hydrogen (secondary N) is 2. The maximum absolute atomic E-state index is 12.8. The fraction of sp³-hybridized carbons (Fsp3) is 0.217. The minimum Gasteiger partial charge on any atom is -0.451 e. The Kier molecular flexibility index (Phi) is 5.29. The molecule has 8 nitrogen and oxygen atoms in total. The summed E-state index contributed by atoms with van der Waals surface area (Å²) >= 11 is 0. The monoisotopic (exact) mass is 453 g/mol. The van der Waals surface area contributed by atoms with Crippen LogP contribution in [0.25, 0.3) is 11.0 Å². The molecule has 2 N–H and O–H groups in total. The molecule has 0 saturated heterocycles. The number of aryl methyl sites for hydroxylation is 4. The van der Waals surface area contributed by atoms with Crippen molar-refractivity contribution in [1.29, 1.82) is 0 Å². The maximum Gasteiger partial charge on any atom is 0.291 e. The van der Waals surface area contributed by atoms with Crippen molar-refractivity contribution in [2.45, 2.75) is 39.5 Å². The summed E-state index contributed by atoms with van der Waals surface area (Å²) in [5.74, 6) is -0.110. The molecule has 2 aromatic carbocycles. The van der Waals surface area contributed by atoms with E-state index < -0.39 is 15.9 Å². The van der Waals surface area contributed by atoms with E-state index in [4.69, 9.17) is 8.94 Å². The summed E-state index contributed by atoms with van der Waals surface area (Å²) in [4.78, 5) is 12.8. The van der Waals surface area contributed by atoms with Gasteiger partial charge in [0.1, 0.15) is 5.58 Å². The van der Waals surface area contributed by atoms with E-state index in [0.29, 0.717) is 22.5 Å². The molecule has 2 heterocycles. The van der Waals surface area contributed by atoms with Crippen molar-refractivity contribution in [2.75, 3.05) is 10.0 Å². The van der Waals surface area contributed by atoms with Crippen LogP contribution in [0, 0.1) is 34.6 Å². The van der Waals surface area contributed by atoms with Crippen LogP contribution in [0.3, 0.4) is 0 Å². The third-order valence-corrected chi connectivity index (χ3v) is 6.91. The van der Waals surface area contributed by atoms with Gasteiger partial charge in [-0.15, -0.1) is 0 Å². The van der Waals surface area contributed by atoms with Gasteiger partial charge in [0.2, 0.25) is 5.88 Å². The number of sulfonamides is 1. The third kappa shape index (κ3) is 3.87. The second-order valence-corrected chi connectivity index (χ2v) is 9.48. The minimum atomic E-state index is -3.87. The van der Waals surface area contributed by atoms with Gasteiger partial charge in [-0.3, -0.25) is 4.79 Å². The quantitative estimate of drug-likeness (QED) is 0.439. The first-order valence-corrected chi connectivity index (χ1v) is 11.4. The summed E-state index contributed by atoms with van der Waals surface area (Å²) in [6.07, 6.45) is 0. The molecule has 1 amide bonds. The lowest BCUT2D eigenvalue weighted by molar-refractivity contribution is 0.0998. The van der Waals surface area contributed by atoms with E-state index in [0.717, 1.165) is 22.1 Å².